The first-order valence-corrected chi connectivity index (χ1v) is 10.8. The van der Waals surface area contributed by atoms with E-state index in [1.165, 1.54) is 44.5 Å². The topological polar surface area (TPSA) is 23.1 Å². The Bertz CT molecular complexity index is 732. The van der Waals surface area contributed by atoms with Crippen molar-refractivity contribution in [3.05, 3.63) is 56.6 Å². The fraction of sp³-hybridized carbons (Fsp3) is 0.429. The van der Waals surface area contributed by atoms with Crippen molar-refractivity contribution in [3.8, 4) is 0 Å². The third-order valence-corrected chi connectivity index (χ3v) is 9.09. The van der Waals surface area contributed by atoms with E-state index in [0.717, 1.165) is 10.4 Å². The SMILES string of the molecule is Cc1cc([Si](C)([O-])c2cc(C)c(C)c(C)c2C)c(C)c(C)c1C.[Cl-].[Mg+2]. The van der Waals surface area contributed by atoms with Crippen LogP contribution in [0.2, 0.25) is 6.55 Å². The van der Waals surface area contributed by atoms with Gasteiger partial charge in [0.1, 0.15) is 0 Å². The normalized spacial score (nSPS) is 11.0. The molecule has 0 amide bonds. The molecular formula is C21H29ClMgOSi. The molecule has 0 saturated carbocycles. The second kappa shape index (κ2) is 8.57. The molecule has 0 aromatic heterocycles. The van der Waals surface area contributed by atoms with Gasteiger partial charge < -0.3 is 17.2 Å². The van der Waals surface area contributed by atoms with Crippen LogP contribution in [0.4, 0.5) is 0 Å². The molecule has 0 saturated heterocycles. The van der Waals surface area contributed by atoms with Crippen molar-refractivity contribution in [3.63, 3.8) is 0 Å². The maximum Gasteiger partial charge on any atom is 2.00 e. The zero-order valence-electron chi connectivity index (χ0n) is 17.1. The van der Waals surface area contributed by atoms with Crippen LogP contribution in [0.25, 0.3) is 0 Å². The van der Waals surface area contributed by atoms with Gasteiger partial charge in [-0.3, -0.25) is 0 Å². The van der Waals surface area contributed by atoms with E-state index in [2.05, 4.69) is 67.5 Å². The first kappa shape index (κ1) is 24.7. The van der Waals surface area contributed by atoms with Gasteiger partial charge in [-0.2, -0.15) is 0 Å². The van der Waals surface area contributed by atoms with Crippen LogP contribution >= 0.6 is 0 Å². The molecule has 0 aliphatic heterocycles. The van der Waals surface area contributed by atoms with Gasteiger partial charge in [-0.1, -0.05) is 29.1 Å². The Labute approximate surface area is 176 Å². The number of hydrogen-bond acceptors (Lipinski definition) is 1. The van der Waals surface area contributed by atoms with E-state index in [0.29, 0.717) is 0 Å². The van der Waals surface area contributed by atoms with Crippen molar-refractivity contribution < 1.29 is 17.2 Å². The largest absolute Gasteiger partial charge is 2.00 e. The molecule has 2 aromatic carbocycles. The van der Waals surface area contributed by atoms with Gasteiger partial charge in [0.2, 0.25) is 0 Å². The standard InChI is InChI=1S/C21H29OSi.ClH.Mg/c1-12-10-20(18(7)16(5)14(12)3)23(9,22)21-11-13(2)15(4)17(6)19(21)8;;/h10-11H,1-9H3;1H;/q-1;;+2/p-1. The number of rotatable bonds is 2. The predicted octanol–water partition coefficient (Wildman–Crippen LogP) is -0.173. The Kier molecular flexibility index (Phi) is 8.46. The fourth-order valence-corrected chi connectivity index (χ4v) is 6.64. The zero-order valence-corrected chi connectivity index (χ0v) is 20.3. The number of halogens is 1. The maximum atomic E-state index is 13.9. The van der Waals surface area contributed by atoms with Crippen LogP contribution in [0, 0.1) is 55.4 Å². The molecular weight excluding hydrogens is 356 g/mol. The third-order valence-electron chi connectivity index (χ3n) is 5.99. The Morgan fingerprint density at radius 1 is 0.600 bits per heavy atom. The van der Waals surface area contributed by atoms with Crippen molar-refractivity contribution in [1.29, 1.82) is 0 Å². The summed E-state index contributed by atoms with van der Waals surface area (Å²) in [5, 5.41) is 2.09. The van der Waals surface area contributed by atoms with Gasteiger partial charge in [-0.25, -0.2) is 0 Å². The van der Waals surface area contributed by atoms with Gasteiger partial charge in [-0.05, 0) is 99.9 Å². The van der Waals surface area contributed by atoms with Gasteiger partial charge in [0.25, 0.3) is 0 Å². The molecule has 25 heavy (non-hydrogen) atoms. The molecule has 0 radical (unpaired) electrons. The van der Waals surface area contributed by atoms with Crippen LogP contribution in [0.3, 0.4) is 0 Å². The molecule has 0 bridgehead atoms. The molecule has 0 unspecified atom stereocenters. The summed E-state index contributed by atoms with van der Waals surface area (Å²) in [4.78, 5) is 13.9. The van der Waals surface area contributed by atoms with Gasteiger partial charge >= 0.3 is 23.1 Å². The first-order chi connectivity index (χ1) is 10.5. The zero-order chi connectivity index (χ0) is 17.7. The molecule has 0 heterocycles. The van der Waals surface area contributed by atoms with E-state index in [-0.39, 0.29) is 35.5 Å². The fourth-order valence-electron chi connectivity index (χ4n) is 3.56. The maximum absolute atomic E-state index is 13.9. The van der Waals surface area contributed by atoms with Gasteiger partial charge in [-0.15, -0.1) is 0 Å². The smallest absolute Gasteiger partial charge is 1.00 e. The molecule has 4 heteroatoms. The molecule has 132 valence electrons. The summed E-state index contributed by atoms with van der Waals surface area (Å²) >= 11 is 0. The van der Waals surface area contributed by atoms with Crippen LogP contribution in [0.1, 0.15) is 44.5 Å². The van der Waals surface area contributed by atoms with Crippen LogP contribution in [0.5, 0.6) is 0 Å². The van der Waals surface area contributed by atoms with Gasteiger partial charge in [0.15, 0.2) is 0 Å². The monoisotopic (exact) mass is 384 g/mol. The minimum Gasteiger partial charge on any atom is -1.00 e. The summed E-state index contributed by atoms with van der Waals surface area (Å²) in [6.45, 7) is 19.0. The van der Waals surface area contributed by atoms with Crippen molar-refractivity contribution in [2.75, 3.05) is 0 Å². The predicted molar refractivity (Wildman–Crippen MR) is 107 cm³/mol. The molecule has 0 aliphatic rings. The molecule has 2 aromatic rings. The number of hydrogen-bond donors (Lipinski definition) is 0. The molecule has 0 atom stereocenters. The van der Waals surface area contributed by atoms with E-state index in [4.69, 9.17) is 0 Å². The summed E-state index contributed by atoms with van der Waals surface area (Å²) in [6.07, 6.45) is 0. The first-order valence-electron chi connectivity index (χ1n) is 8.36. The van der Waals surface area contributed by atoms with E-state index >= 15 is 0 Å². The summed E-state index contributed by atoms with van der Waals surface area (Å²) in [5.41, 5.74) is 10.0. The Morgan fingerprint density at radius 2 is 0.880 bits per heavy atom. The minimum atomic E-state index is -2.97. The Morgan fingerprint density at radius 3 is 1.16 bits per heavy atom. The summed E-state index contributed by atoms with van der Waals surface area (Å²) in [5.74, 6) is 0. The second-order valence-corrected chi connectivity index (χ2v) is 10.4. The Balaban J connectivity index is 0.00000288. The van der Waals surface area contributed by atoms with Crippen molar-refractivity contribution in [1.82, 2.24) is 0 Å². The Hall–Kier alpha value is -0.327. The summed E-state index contributed by atoms with van der Waals surface area (Å²) in [6, 6.07) is 4.31. The van der Waals surface area contributed by atoms with Crippen molar-refractivity contribution in [2.45, 2.75) is 61.9 Å². The van der Waals surface area contributed by atoms with E-state index in [1.54, 1.807) is 0 Å². The minimum absolute atomic E-state index is 0. The molecule has 0 spiro atoms. The second-order valence-electron chi connectivity index (χ2n) is 7.27. The molecule has 0 N–H and O–H groups in total. The van der Waals surface area contributed by atoms with E-state index in [9.17, 15) is 4.80 Å². The van der Waals surface area contributed by atoms with Gasteiger partial charge in [0, 0.05) is 8.32 Å². The summed E-state index contributed by atoms with van der Waals surface area (Å²) < 4.78 is 0. The quantitative estimate of drug-likeness (QED) is 0.659. The van der Waals surface area contributed by atoms with Crippen LogP contribution < -0.4 is 27.6 Å². The molecule has 0 aliphatic carbocycles. The average molecular weight is 385 g/mol. The van der Waals surface area contributed by atoms with Crippen LogP contribution in [0.15, 0.2) is 12.1 Å². The van der Waals surface area contributed by atoms with E-state index in [1.807, 2.05) is 6.55 Å². The molecule has 2 rings (SSSR count). The number of benzene rings is 2. The average Bonchev–Trinajstić information content (AvgIpc) is 2.49. The van der Waals surface area contributed by atoms with E-state index < -0.39 is 8.32 Å². The summed E-state index contributed by atoms with van der Waals surface area (Å²) in [7, 11) is -2.97. The molecule has 0 fully saturated rings. The van der Waals surface area contributed by atoms with Crippen molar-refractivity contribution in [2.24, 2.45) is 0 Å². The molecule has 1 nitrogen and oxygen atoms in total. The van der Waals surface area contributed by atoms with Gasteiger partial charge in [0.05, 0.1) is 0 Å². The third kappa shape index (κ3) is 4.16. The number of aryl methyl sites for hydroxylation is 2. The van der Waals surface area contributed by atoms with Crippen LogP contribution in [-0.2, 0) is 0 Å². The van der Waals surface area contributed by atoms with Crippen molar-refractivity contribution >= 4 is 41.7 Å². The van der Waals surface area contributed by atoms with Crippen LogP contribution in [-0.4, -0.2) is 31.4 Å².